The first-order valence-corrected chi connectivity index (χ1v) is 16.3. The summed E-state index contributed by atoms with van der Waals surface area (Å²) in [6, 6.07) is 55.3. The van der Waals surface area contributed by atoms with E-state index in [0.717, 1.165) is 89.7 Å². The minimum absolute atomic E-state index is 0.800. The van der Waals surface area contributed by atoms with Crippen LogP contribution in [-0.4, -0.2) is 4.98 Å². The van der Waals surface area contributed by atoms with Crippen molar-refractivity contribution >= 4 is 38.9 Å². The molecule has 0 bridgehead atoms. The Labute approximate surface area is 276 Å². The molecule has 1 unspecified atom stereocenters. The number of allylic oxidation sites excluding steroid dienone is 1. The minimum Gasteiger partial charge on any atom is -0.459 e. The van der Waals surface area contributed by atoms with Crippen molar-refractivity contribution in [3.8, 4) is 28.1 Å². The number of pyridine rings is 1. The molecule has 0 N–H and O–H groups in total. The third-order valence-electron chi connectivity index (χ3n) is 10.2. The van der Waals surface area contributed by atoms with Crippen LogP contribution >= 0.6 is 0 Å². The molecule has 6 aromatic carbocycles. The summed E-state index contributed by atoms with van der Waals surface area (Å²) in [5, 5.41) is 2.20. The Morgan fingerprint density at radius 1 is 0.604 bits per heavy atom. The Morgan fingerprint density at radius 2 is 1.38 bits per heavy atom. The molecule has 1 spiro atoms. The highest BCUT2D eigenvalue weighted by Gasteiger charge is 2.60. The van der Waals surface area contributed by atoms with Crippen LogP contribution in [0.2, 0.25) is 0 Å². The van der Waals surface area contributed by atoms with Gasteiger partial charge in [-0.1, -0.05) is 109 Å². The molecule has 4 nitrogen and oxygen atoms in total. The maximum Gasteiger partial charge on any atom is 0.152 e. The summed E-state index contributed by atoms with van der Waals surface area (Å²) in [6.07, 6.45) is 0. The van der Waals surface area contributed by atoms with Gasteiger partial charge in [0.25, 0.3) is 0 Å². The molecular weight excluding hydrogens is 588 g/mol. The fourth-order valence-corrected chi connectivity index (χ4v) is 8.24. The molecule has 2 aromatic heterocycles. The van der Waals surface area contributed by atoms with Gasteiger partial charge in [0.1, 0.15) is 16.8 Å². The van der Waals surface area contributed by atoms with Gasteiger partial charge in [-0.05, 0) is 70.8 Å². The highest BCUT2D eigenvalue weighted by atomic mass is 16.5. The number of benzene rings is 6. The molecule has 0 saturated carbocycles. The Kier molecular flexibility index (Phi) is 5.01. The molecule has 8 aromatic rings. The third-order valence-corrected chi connectivity index (χ3v) is 10.2. The zero-order chi connectivity index (χ0) is 31.4. The predicted octanol–water partition coefficient (Wildman–Crippen LogP) is 10.9. The zero-order valence-electron chi connectivity index (χ0n) is 25.7. The van der Waals surface area contributed by atoms with Crippen LogP contribution in [-0.2, 0) is 5.41 Å². The number of furan rings is 1. The molecule has 4 heteroatoms. The smallest absolute Gasteiger partial charge is 0.152 e. The van der Waals surface area contributed by atoms with Crippen LogP contribution in [0.1, 0.15) is 22.5 Å². The number of ether oxygens (including phenoxy) is 1. The van der Waals surface area contributed by atoms with E-state index in [0.29, 0.717) is 0 Å². The van der Waals surface area contributed by atoms with Gasteiger partial charge < -0.3 is 14.1 Å². The molecule has 0 amide bonds. The lowest BCUT2D eigenvalue weighted by Crippen LogP contribution is -2.32. The predicted molar refractivity (Wildman–Crippen MR) is 191 cm³/mol. The highest BCUT2D eigenvalue weighted by molar-refractivity contribution is 6.08. The van der Waals surface area contributed by atoms with Crippen molar-refractivity contribution < 1.29 is 9.15 Å². The number of fused-ring (bicyclic) bond motifs is 13. The Hall–Kier alpha value is -6.39. The maximum atomic E-state index is 7.18. The number of hydrogen-bond acceptors (Lipinski definition) is 4. The van der Waals surface area contributed by atoms with E-state index < -0.39 is 5.41 Å². The van der Waals surface area contributed by atoms with Crippen molar-refractivity contribution in [1.29, 1.82) is 0 Å². The number of aromatic nitrogens is 1. The van der Waals surface area contributed by atoms with Crippen LogP contribution in [0.3, 0.4) is 0 Å². The van der Waals surface area contributed by atoms with Gasteiger partial charge in [0.2, 0.25) is 0 Å². The van der Waals surface area contributed by atoms with E-state index in [-0.39, 0.29) is 0 Å². The lowest BCUT2D eigenvalue weighted by atomic mass is 9.76. The summed E-state index contributed by atoms with van der Waals surface area (Å²) < 4.78 is 14.2. The van der Waals surface area contributed by atoms with Crippen LogP contribution in [0.5, 0.6) is 5.75 Å². The zero-order valence-corrected chi connectivity index (χ0v) is 25.7. The van der Waals surface area contributed by atoms with Crippen LogP contribution < -0.4 is 9.64 Å². The van der Waals surface area contributed by atoms with Crippen LogP contribution in [0, 0.1) is 0 Å². The second-order valence-electron chi connectivity index (χ2n) is 12.7. The monoisotopic (exact) mass is 614 g/mol. The van der Waals surface area contributed by atoms with Gasteiger partial charge in [-0.15, -0.1) is 0 Å². The molecule has 11 rings (SSSR count). The fourth-order valence-electron chi connectivity index (χ4n) is 8.24. The SMILES string of the molecule is c1ccc(N2C3=C(Oc4ccccc42)C2(c4ccccc4-c4cc(-c5ccc6ccccc6n5)ccc42)c2oc4ccccc4c23)cc1. The van der Waals surface area contributed by atoms with Crippen molar-refractivity contribution in [3.05, 3.63) is 186 Å². The van der Waals surface area contributed by atoms with Gasteiger partial charge in [-0.25, -0.2) is 4.98 Å². The largest absolute Gasteiger partial charge is 0.459 e. The summed E-state index contributed by atoms with van der Waals surface area (Å²) >= 11 is 0. The molecule has 224 valence electrons. The summed E-state index contributed by atoms with van der Waals surface area (Å²) in [7, 11) is 0. The molecule has 1 atom stereocenters. The molecule has 3 aliphatic rings. The summed E-state index contributed by atoms with van der Waals surface area (Å²) in [4.78, 5) is 7.41. The Morgan fingerprint density at radius 3 is 2.33 bits per heavy atom. The fraction of sp³-hybridized carbons (Fsp3) is 0.0227. The molecule has 1 aliphatic heterocycles. The topological polar surface area (TPSA) is 38.5 Å². The summed E-state index contributed by atoms with van der Waals surface area (Å²) in [5.74, 6) is 2.58. The van der Waals surface area contributed by atoms with E-state index in [1.54, 1.807) is 0 Å². The Bertz CT molecular complexity index is 2670. The van der Waals surface area contributed by atoms with E-state index in [9.17, 15) is 0 Å². The molecular formula is C44H26N2O2. The molecule has 3 heterocycles. The quantitative estimate of drug-likeness (QED) is 0.194. The molecule has 0 radical (unpaired) electrons. The third kappa shape index (κ3) is 3.21. The van der Waals surface area contributed by atoms with Crippen molar-refractivity contribution in [1.82, 2.24) is 4.98 Å². The van der Waals surface area contributed by atoms with Crippen LogP contribution in [0.25, 0.3) is 50.0 Å². The minimum atomic E-state index is -0.800. The molecule has 0 saturated heterocycles. The van der Waals surface area contributed by atoms with Gasteiger partial charge in [0, 0.05) is 22.0 Å². The van der Waals surface area contributed by atoms with Gasteiger partial charge in [0.15, 0.2) is 11.5 Å². The second kappa shape index (κ2) is 9.34. The summed E-state index contributed by atoms with van der Waals surface area (Å²) in [5.41, 5.74) is 11.9. The number of rotatable bonds is 2. The number of anilines is 2. The van der Waals surface area contributed by atoms with E-state index in [1.807, 2.05) is 18.2 Å². The lowest BCUT2D eigenvalue weighted by Gasteiger charge is -2.36. The van der Waals surface area contributed by atoms with Gasteiger partial charge in [0.05, 0.1) is 28.2 Å². The van der Waals surface area contributed by atoms with E-state index in [2.05, 4.69) is 144 Å². The second-order valence-corrected chi connectivity index (χ2v) is 12.7. The van der Waals surface area contributed by atoms with Crippen molar-refractivity contribution in [2.45, 2.75) is 5.41 Å². The number of hydrogen-bond donors (Lipinski definition) is 0. The van der Waals surface area contributed by atoms with Crippen LogP contribution in [0.4, 0.5) is 11.4 Å². The first-order chi connectivity index (χ1) is 23.8. The first-order valence-electron chi connectivity index (χ1n) is 16.3. The molecule has 0 fully saturated rings. The summed E-state index contributed by atoms with van der Waals surface area (Å²) in [6.45, 7) is 0. The Balaban J connectivity index is 1.24. The number of para-hydroxylation sites is 5. The van der Waals surface area contributed by atoms with Crippen molar-refractivity contribution in [2.75, 3.05) is 4.90 Å². The van der Waals surface area contributed by atoms with Gasteiger partial charge in [-0.3, -0.25) is 0 Å². The first kappa shape index (κ1) is 25.8. The van der Waals surface area contributed by atoms with Gasteiger partial charge in [-0.2, -0.15) is 0 Å². The van der Waals surface area contributed by atoms with Gasteiger partial charge >= 0.3 is 0 Å². The maximum absolute atomic E-state index is 7.18. The molecule has 48 heavy (non-hydrogen) atoms. The van der Waals surface area contributed by atoms with Crippen molar-refractivity contribution in [2.24, 2.45) is 0 Å². The number of nitrogens with zero attached hydrogens (tertiary/aromatic N) is 2. The van der Waals surface area contributed by atoms with E-state index >= 15 is 0 Å². The molecule has 2 aliphatic carbocycles. The van der Waals surface area contributed by atoms with E-state index in [4.69, 9.17) is 14.1 Å². The van der Waals surface area contributed by atoms with Crippen LogP contribution in [0.15, 0.2) is 168 Å². The standard InChI is InChI=1S/C44H26N2O2/c1-2-13-29(14-3-1)46-37-19-9-11-21-39(37)48-43-41(46)40-31-16-6-10-20-38(31)47-42(40)44(43)33-17-7-5-15-30(33)32-26-28(22-24-34(32)44)36-25-23-27-12-4-8-18-35(27)45-36/h1-26H. The average molecular weight is 615 g/mol. The highest BCUT2D eigenvalue weighted by Crippen LogP contribution is 2.66. The van der Waals surface area contributed by atoms with E-state index in [1.165, 1.54) is 5.56 Å². The van der Waals surface area contributed by atoms with Crippen molar-refractivity contribution in [3.63, 3.8) is 0 Å². The average Bonchev–Trinajstić information content (AvgIpc) is 3.77. The lowest BCUT2D eigenvalue weighted by molar-refractivity contribution is 0.346. The normalized spacial score (nSPS) is 16.9.